The fourth-order valence-corrected chi connectivity index (χ4v) is 1.30. The van der Waals surface area contributed by atoms with Gasteiger partial charge >= 0.3 is 17.9 Å². The van der Waals surface area contributed by atoms with Gasteiger partial charge in [-0.1, -0.05) is 25.1 Å². The zero-order valence-corrected chi connectivity index (χ0v) is 14.7. The first-order valence-electron chi connectivity index (χ1n) is 7.48. The topological polar surface area (TPSA) is 153 Å². The first-order chi connectivity index (χ1) is 11.6. The van der Waals surface area contributed by atoms with Gasteiger partial charge in [-0.2, -0.15) is 0 Å². The van der Waals surface area contributed by atoms with E-state index in [9.17, 15) is 14.4 Å². The number of carbonyl (C=O) groups is 3. The number of para-hydroxylation sites is 1. The molecule has 1 rings (SSSR count). The number of nitrogens with two attached hydrogens (primary N) is 1. The fraction of sp³-hybridized carbons (Fsp3) is 0.438. The third-order valence-electron chi connectivity index (χ3n) is 2.65. The van der Waals surface area contributed by atoms with Crippen LogP contribution < -0.4 is 16.0 Å². The van der Waals surface area contributed by atoms with Crippen molar-refractivity contribution in [2.24, 2.45) is 5.73 Å². The minimum absolute atomic E-state index is 0.0318. The van der Waals surface area contributed by atoms with Gasteiger partial charge in [-0.15, -0.1) is 0 Å². The molecule has 25 heavy (non-hydrogen) atoms. The molecule has 9 heteroatoms. The molecule has 0 amide bonds. The number of likely N-dealkylation sites (N-methyl/N-ethyl adjacent to an activating group) is 2. The molecule has 6 N–H and O–H groups in total. The van der Waals surface area contributed by atoms with Crippen molar-refractivity contribution in [3.63, 3.8) is 0 Å². The molecule has 0 radical (unpaired) electrons. The highest BCUT2D eigenvalue weighted by atomic mass is 16.4. The smallest absolute Gasteiger partial charge is 0.323 e. The lowest BCUT2D eigenvalue weighted by atomic mass is 10.2. The molecule has 0 heterocycles. The molecule has 142 valence electrons. The molecule has 0 spiro atoms. The van der Waals surface area contributed by atoms with Gasteiger partial charge in [-0.3, -0.25) is 14.4 Å². The number of nitrogens with one attached hydrogen (secondary N) is 1. The lowest BCUT2D eigenvalue weighted by Gasteiger charge is -2.15. The predicted octanol–water partition coefficient (Wildman–Crippen LogP) is 0.306. The number of hydrogen-bond donors (Lipinski definition) is 5. The molecular formula is C16H27N3O6. The van der Waals surface area contributed by atoms with Gasteiger partial charge in [0.15, 0.2) is 0 Å². The van der Waals surface area contributed by atoms with Crippen molar-refractivity contribution in [2.75, 3.05) is 32.1 Å². The van der Waals surface area contributed by atoms with Crippen LogP contribution in [0, 0.1) is 0 Å². The number of carboxylic acid groups (broad SMARTS) is 3. The number of nitrogens with zero attached hydrogens (tertiary/aromatic N) is 1. The maximum Gasteiger partial charge on any atom is 0.323 e. The van der Waals surface area contributed by atoms with E-state index in [1.807, 2.05) is 30.3 Å². The molecule has 0 bridgehead atoms. The minimum Gasteiger partial charge on any atom is -0.480 e. The van der Waals surface area contributed by atoms with E-state index in [0.29, 0.717) is 6.42 Å². The van der Waals surface area contributed by atoms with E-state index in [1.165, 1.54) is 0 Å². The van der Waals surface area contributed by atoms with Gasteiger partial charge in [0.05, 0.1) is 6.54 Å². The molecule has 1 atom stereocenters. The van der Waals surface area contributed by atoms with Gasteiger partial charge in [0.25, 0.3) is 0 Å². The molecule has 9 nitrogen and oxygen atoms in total. The Morgan fingerprint density at radius 1 is 1.12 bits per heavy atom. The molecule has 0 aromatic heterocycles. The van der Waals surface area contributed by atoms with Crippen LogP contribution in [0.15, 0.2) is 30.3 Å². The SMILES string of the molecule is CCC(N)C(=O)O.CN(CC(=O)O)c1ccccc1.CNCC(=O)O. The van der Waals surface area contributed by atoms with Crippen molar-refractivity contribution in [2.45, 2.75) is 19.4 Å². The van der Waals surface area contributed by atoms with Crippen LogP contribution in [0.1, 0.15) is 13.3 Å². The Labute approximate surface area is 147 Å². The molecule has 0 aliphatic heterocycles. The van der Waals surface area contributed by atoms with Crippen LogP contribution in [-0.4, -0.2) is 66.5 Å². The van der Waals surface area contributed by atoms with Crippen LogP contribution in [0.25, 0.3) is 0 Å². The van der Waals surface area contributed by atoms with E-state index in [2.05, 4.69) is 5.32 Å². The van der Waals surface area contributed by atoms with Crippen molar-refractivity contribution in [3.8, 4) is 0 Å². The van der Waals surface area contributed by atoms with Gasteiger partial charge in [0.2, 0.25) is 0 Å². The van der Waals surface area contributed by atoms with Crippen molar-refractivity contribution < 1.29 is 29.7 Å². The summed E-state index contributed by atoms with van der Waals surface area (Å²) in [6.45, 7) is 1.81. The predicted molar refractivity (Wildman–Crippen MR) is 94.8 cm³/mol. The number of aliphatic carboxylic acids is 3. The van der Waals surface area contributed by atoms with E-state index < -0.39 is 23.9 Å². The third kappa shape index (κ3) is 16.0. The lowest BCUT2D eigenvalue weighted by molar-refractivity contribution is -0.139. The van der Waals surface area contributed by atoms with Gasteiger partial charge in [0, 0.05) is 12.7 Å². The van der Waals surface area contributed by atoms with E-state index in [-0.39, 0.29) is 13.1 Å². The first kappa shape index (κ1) is 24.6. The highest BCUT2D eigenvalue weighted by molar-refractivity contribution is 5.73. The molecule has 1 unspecified atom stereocenters. The molecule has 0 saturated carbocycles. The molecule has 0 saturated heterocycles. The number of carboxylic acids is 3. The van der Waals surface area contributed by atoms with Crippen LogP contribution in [0.5, 0.6) is 0 Å². The summed E-state index contributed by atoms with van der Waals surface area (Å²) in [5.41, 5.74) is 5.93. The van der Waals surface area contributed by atoms with E-state index in [0.717, 1.165) is 5.69 Å². The van der Waals surface area contributed by atoms with E-state index in [4.69, 9.17) is 21.1 Å². The summed E-state index contributed by atoms with van der Waals surface area (Å²) in [6, 6.07) is 8.74. The molecule has 0 aliphatic carbocycles. The van der Waals surface area contributed by atoms with Gasteiger partial charge < -0.3 is 31.3 Å². The standard InChI is InChI=1S/C9H11NO2.C4H9NO2.C3H7NO2/c1-10(7-9(11)12)8-5-3-2-4-6-8;1-2-3(5)4(6)7;1-4-2-3(5)6/h2-6H,7H2,1H3,(H,11,12);3H,2,5H2,1H3,(H,6,7);4H,2H2,1H3,(H,5,6). The zero-order valence-electron chi connectivity index (χ0n) is 14.7. The summed E-state index contributed by atoms with van der Waals surface area (Å²) < 4.78 is 0. The number of anilines is 1. The number of hydrogen-bond acceptors (Lipinski definition) is 6. The van der Waals surface area contributed by atoms with Crippen LogP contribution in [-0.2, 0) is 14.4 Å². The van der Waals surface area contributed by atoms with Crippen molar-refractivity contribution in [3.05, 3.63) is 30.3 Å². The minimum atomic E-state index is -0.928. The fourth-order valence-electron chi connectivity index (χ4n) is 1.30. The largest absolute Gasteiger partial charge is 0.480 e. The average molecular weight is 357 g/mol. The highest BCUT2D eigenvalue weighted by Crippen LogP contribution is 2.09. The number of rotatable bonds is 7. The van der Waals surface area contributed by atoms with Gasteiger partial charge in [-0.25, -0.2) is 0 Å². The maximum atomic E-state index is 10.3. The summed E-state index contributed by atoms with van der Waals surface area (Å²) >= 11 is 0. The highest BCUT2D eigenvalue weighted by Gasteiger charge is 2.05. The Morgan fingerprint density at radius 3 is 1.88 bits per heavy atom. The van der Waals surface area contributed by atoms with Crippen molar-refractivity contribution in [1.82, 2.24) is 5.32 Å². The van der Waals surface area contributed by atoms with Crippen LogP contribution in [0.2, 0.25) is 0 Å². The first-order valence-corrected chi connectivity index (χ1v) is 7.48. The molecular weight excluding hydrogens is 330 g/mol. The Bertz CT molecular complexity index is 510. The molecule has 1 aromatic rings. The molecule has 0 fully saturated rings. The second kappa shape index (κ2) is 14.9. The van der Waals surface area contributed by atoms with Crippen LogP contribution in [0.4, 0.5) is 5.69 Å². The van der Waals surface area contributed by atoms with Crippen LogP contribution >= 0.6 is 0 Å². The van der Waals surface area contributed by atoms with E-state index >= 15 is 0 Å². The molecule has 1 aromatic carbocycles. The van der Waals surface area contributed by atoms with Gasteiger partial charge in [0.1, 0.15) is 12.6 Å². The Kier molecular flexibility index (Phi) is 14.7. The summed E-state index contributed by atoms with van der Waals surface area (Å²) in [5, 5.41) is 26.9. The van der Waals surface area contributed by atoms with Crippen molar-refractivity contribution >= 4 is 23.6 Å². The maximum absolute atomic E-state index is 10.3. The quantitative estimate of drug-likeness (QED) is 0.464. The lowest BCUT2D eigenvalue weighted by Crippen LogP contribution is -2.28. The average Bonchev–Trinajstić information content (AvgIpc) is 2.55. The number of benzene rings is 1. The monoisotopic (exact) mass is 357 g/mol. The second-order valence-electron chi connectivity index (χ2n) is 4.86. The zero-order chi connectivity index (χ0) is 19.8. The van der Waals surface area contributed by atoms with Crippen molar-refractivity contribution in [1.29, 1.82) is 0 Å². The Morgan fingerprint density at radius 2 is 1.64 bits per heavy atom. The third-order valence-corrected chi connectivity index (χ3v) is 2.65. The summed E-state index contributed by atoms with van der Waals surface area (Å²) in [5.74, 6) is -2.57. The molecule has 0 aliphatic rings. The summed E-state index contributed by atoms with van der Waals surface area (Å²) in [6.07, 6.45) is 0.495. The van der Waals surface area contributed by atoms with E-state index in [1.54, 1.807) is 25.9 Å². The Hall–Kier alpha value is -2.65. The summed E-state index contributed by atoms with van der Waals surface area (Å²) in [4.78, 5) is 31.4. The van der Waals surface area contributed by atoms with Gasteiger partial charge in [-0.05, 0) is 25.6 Å². The Balaban J connectivity index is 0. The summed E-state index contributed by atoms with van der Waals surface area (Å²) in [7, 11) is 3.34. The van der Waals surface area contributed by atoms with Crippen LogP contribution in [0.3, 0.4) is 0 Å². The second-order valence-corrected chi connectivity index (χ2v) is 4.86. The normalized spacial score (nSPS) is 10.2.